The summed E-state index contributed by atoms with van der Waals surface area (Å²) in [6.45, 7) is 6.18. The molecule has 26 heavy (non-hydrogen) atoms. The van der Waals surface area contributed by atoms with Crippen molar-refractivity contribution in [1.82, 2.24) is 0 Å². The van der Waals surface area contributed by atoms with Gasteiger partial charge >= 0.3 is 5.97 Å². The van der Waals surface area contributed by atoms with Gasteiger partial charge in [0.25, 0.3) is 0 Å². The van der Waals surface area contributed by atoms with E-state index in [2.05, 4.69) is 25.7 Å². The van der Waals surface area contributed by atoms with Crippen molar-refractivity contribution in [3.8, 4) is 0 Å². The summed E-state index contributed by atoms with van der Waals surface area (Å²) < 4.78 is 4.95. The van der Waals surface area contributed by atoms with Crippen LogP contribution in [-0.4, -0.2) is 12.6 Å². The summed E-state index contributed by atoms with van der Waals surface area (Å²) in [6.07, 6.45) is 28.5. The van der Waals surface area contributed by atoms with Crippen LogP contribution in [0.3, 0.4) is 0 Å². The molecule has 0 bridgehead atoms. The first-order chi connectivity index (χ1) is 12.8. The quantitative estimate of drug-likeness (QED) is 0.0948. The predicted octanol–water partition coefficient (Wildman–Crippen LogP) is 7.92. The number of rotatable bonds is 20. The Hall–Kier alpha value is -1.05. The van der Waals surface area contributed by atoms with Gasteiger partial charge in [-0.15, -0.1) is 0 Å². The molecule has 0 aromatic carbocycles. The van der Waals surface area contributed by atoms with E-state index in [1.165, 1.54) is 96.0 Å². The molecule has 0 unspecified atom stereocenters. The average Bonchev–Trinajstić information content (AvgIpc) is 2.66. The van der Waals surface area contributed by atoms with Crippen LogP contribution < -0.4 is 0 Å². The Bertz CT molecular complexity index is 333. The van der Waals surface area contributed by atoms with Crippen molar-refractivity contribution in [1.29, 1.82) is 0 Å². The summed E-state index contributed by atoms with van der Waals surface area (Å²) in [5.74, 6) is -0.313. The summed E-state index contributed by atoms with van der Waals surface area (Å²) in [6, 6.07) is 0. The van der Waals surface area contributed by atoms with E-state index < -0.39 is 0 Å². The minimum atomic E-state index is -0.313. The first-order valence-electron chi connectivity index (χ1n) is 11.3. The Labute approximate surface area is 163 Å². The number of hydrogen-bond donors (Lipinski definition) is 0. The monoisotopic (exact) mass is 364 g/mol. The summed E-state index contributed by atoms with van der Waals surface area (Å²) in [5.41, 5.74) is 0. The molecule has 0 saturated carbocycles. The van der Waals surface area contributed by atoms with Crippen molar-refractivity contribution in [3.05, 3.63) is 24.8 Å². The van der Waals surface area contributed by atoms with Gasteiger partial charge in [0, 0.05) is 6.08 Å². The normalized spacial score (nSPS) is 11.1. The lowest BCUT2D eigenvalue weighted by Gasteiger charge is -2.02. The van der Waals surface area contributed by atoms with E-state index in [9.17, 15) is 4.79 Å². The lowest BCUT2D eigenvalue weighted by molar-refractivity contribution is -0.137. The molecule has 152 valence electrons. The maximum Gasteiger partial charge on any atom is 0.330 e. The Balaban J connectivity index is 3.10. The van der Waals surface area contributed by atoms with Gasteiger partial charge < -0.3 is 4.74 Å². The highest BCUT2D eigenvalue weighted by atomic mass is 16.5. The van der Waals surface area contributed by atoms with Gasteiger partial charge in [-0.1, -0.05) is 96.3 Å². The van der Waals surface area contributed by atoms with E-state index >= 15 is 0 Å². The van der Waals surface area contributed by atoms with Gasteiger partial charge in [-0.2, -0.15) is 0 Å². The average molecular weight is 365 g/mol. The molecule has 2 heteroatoms. The van der Waals surface area contributed by atoms with Gasteiger partial charge in [-0.3, -0.25) is 0 Å². The highest BCUT2D eigenvalue weighted by Crippen LogP contribution is 2.12. The molecule has 0 aromatic heterocycles. The molecule has 0 saturated heterocycles. The number of carbonyl (C=O) groups excluding carboxylic acids is 1. The minimum absolute atomic E-state index is 0.313. The van der Waals surface area contributed by atoms with Gasteiger partial charge in [0.2, 0.25) is 0 Å². The zero-order chi connectivity index (χ0) is 19.1. The molecule has 0 rings (SSSR count). The fourth-order valence-corrected chi connectivity index (χ4v) is 3.11. The van der Waals surface area contributed by atoms with Crippen molar-refractivity contribution in [2.24, 2.45) is 0 Å². The number of carbonyl (C=O) groups is 1. The summed E-state index contributed by atoms with van der Waals surface area (Å²) in [4.78, 5) is 10.9. The third-order valence-corrected chi connectivity index (χ3v) is 4.82. The van der Waals surface area contributed by atoms with Crippen LogP contribution in [0.25, 0.3) is 0 Å². The number of hydrogen-bond acceptors (Lipinski definition) is 2. The molecule has 0 aliphatic carbocycles. The minimum Gasteiger partial charge on any atom is -0.463 e. The predicted molar refractivity (Wildman–Crippen MR) is 114 cm³/mol. The van der Waals surface area contributed by atoms with Gasteiger partial charge in [0.05, 0.1) is 6.61 Å². The molecular formula is C24H44O2. The molecule has 0 aliphatic rings. The van der Waals surface area contributed by atoms with E-state index in [0.29, 0.717) is 6.61 Å². The third kappa shape index (κ3) is 21.0. The van der Waals surface area contributed by atoms with Crippen molar-refractivity contribution < 1.29 is 9.53 Å². The van der Waals surface area contributed by atoms with Crippen molar-refractivity contribution in [3.63, 3.8) is 0 Å². The molecule has 0 radical (unpaired) electrons. The lowest BCUT2D eigenvalue weighted by atomic mass is 10.0. The Morgan fingerprint density at radius 2 is 1.12 bits per heavy atom. The van der Waals surface area contributed by atoms with E-state index in [4.69, 9.17) is 4.74 Å². The van der Waals surface area contributed by atoms with Crippen LogP contribution in [0, 0.1) is 0 Å². The summed E-state index contributed by atoms with van der Waals surface area (Å²) in [7, 11) is 0. The Morgan fingerprint density at radius 3 is 1.58 bits per heavy atom. The van der Waals surface area contributed by atoms with Crippen molar-refractivity contribution in [2.45, 2.75) is 116 Å². The van der Waals surface area contributed by atoms with Crippen molar-refractivity contribution in [2.75, 3.05) is 6.61 Å². The number of unbranched alkanes of at least 4 members (excludes halogenated alkanes) is 15. The van der Waals surface area contributed by atoms with Gasteiger partial charge in [0.1, 0.15) is 0 Å². The first kappa shape index (κ1) is 24.9. The van der Waals surface area contributed by atoms with Gasteiger partial charge in [-0.25, -0.2) is 4.79 Å². The molecule has 0 amide bonds. The van der Waals surface area contributed by atoms with Crippen LogP contribution in [0.15, 0.2) is 24.8 Å². The van der Waals surface area contributed by atoms with E-state index in [1.807, 2.05) is 0 Å². The molecule has 0 aromatic rings. The molecular weight excluding hydrogens is 320 g/mol. The van der Waals surface area contributed by atoms with Crippen LogP contribution >= 0.6 is 0 Å². The van der Waals surface area contributed by atoms with E-state index in [-0.39, 0.29) is 5.97 Å². The second-order valence-corrected chi connectivity index (χ2v) is 7.37. The Kier molecular flexibility index (Phi) is 21.1. The van der Waals surface area contributed by atoms with Crippen LogP contribution in [-0.2, 0) is 9.53 Å². The number of allylic oxidation sites excluding steroid dienone is 2. The zero-order valence-corrected chi connectivity index (χ0v) is 17.5. The smallest absolute Gasteiger partial charge is 0.330 e. The topological polar surface area (TPSA) is 26.3 Å². The second kappa shape index (κ2) is 22.0. The standard InChI is InChI=1S/C24H44O2/c1-3-5-6-7-8-9-10-11-12-13-14-15-16-17-18-19-20-21-22-23-26-24(25)4-2/h4,17-18H,2-3,5-16,19-23H2,1H3/b18-17+. The maximum absolute atomic E-state index is 10.9. The molecule has 0 atom stereocenters. The lowest BCUT2D eigenvalue weighted by Crippen LogP contribution is -2.01. The summed E-state index contributed by atoms with van der Waals surface area (Å²) in [5, 5.41) is 0. The van der Waals surface area contributed by atoms with Gasteiger partial charge in [-0.05, 0) is 38.5 Å². The highest BCUT2D eigenvalue weighted by molar-refractivity contribution is 5.81. The number of esters is 1. The van der Waals surface area contributed by atoms with Crippen LogP contribution in [0.1, 0.15) is 116 Å². The summed E-state index contributed by atoms with van der Waals surface area (Å²) >= 11 is 0. The van der Waals surface area contributed by atoms with Gasteiger partial charge in [0.15, 0.2) is 0 Å². The SMILES string of the molecule is C=CC(=O)OCCCCC/C=C/CCCCCCCCCCCCCC. The maximum atomic E-state index is 10.9. The van der Waals surface area contributed by atoms with Crippen LogP contribution in [0.4, 0.5) is 0 Å². The van der Waals surface area contributed by atoms with E-state index in [0.717, 1.165) is 19.3 Å². The van der Waals surface area contributed by atoms with Crippen LogP contribution in [0.5, 0.6) is 0 Å². The fourth-order valence-electron chi connectivity index (χ4n) is 3.11. The fraction of sp³-hybridized carbons (Fsp3) is 0.792. The second-order valence-electron chi connectivity index (χ2n) is 7.37. The third-order valence-electron chi connectivity index (χ3n) is 4.82. The highest BCUT2D eigenvalue weighted by Gasteiger charge is 1.95. The molecule has 0 spiro atoms. The molecule has 0 aliphatic heterocycles. The molecule has 0 N–H and O–H groups in total. The van der Waals surface area contributed by atoms with E-state index in [1.54, 1.807) is 0 Å². The Morgan fingerprint density at radius 1 is 0.692 bits per heavy atom. The largest absolute Gasteiger partial charge is 0.463 e. The molecule has 0 fully saturated rings. The molecule has 0 heterocycles. The zero-order valence-electron chi connectivity index (χ0n) is 17.5. The van der Waals surface area contributed by atoms with Crippen molar-refractivity contribution >= 4 is 5.97 Å². The number of ether oxygens (including phenoxy) is 1. The first-order valence-corrected chi connectivity index (χ1v) is 11.3. The van der Waals surface area contributed by atoms with Crippen LogP contribution in [0.2, 0.25) is 0 Å². The molecule has 2 nitrogen and oxygen atoms in total.